The first-order valence-electron chi connectivity index (χ1n) is 5.34. The third-order valence-corrected chi connectivity index (χ3v) is 2.49. The van der Waals surface area contributed by atoms with Gasteiger partial charge < -0.3 is 10.0 Å². The summed E-state index contributed by atoms with van der Waals surface area (Å²) in [4.78, 5) is 23.3. The van der Waals surface area contributed by atoms with Crippen LogP contribution in [0.2, 0.25) is 0 Å². The Hall–Kier alpha value is -1.98. The van der Waals surface area contributed by atoms with Crippen molar-refractivity contribution in [3.05, 3.63) is 34.9 Å². The maximum atomic E-state index is 13.7. The van der Waals surface area contributed by atoms with E-state index >= 15 is 0 Å². The number of hydrogen-bond acceptors (Lipinski definition) is 2. The summed E-state index contributed by atoms with van der Waals surface area (Å²) < 4.78 is 27.2. The van der Waals surface area contributed by atoms with Gasteiger partial charge in [0.1, 0.15) is 23.7 Å². The number of benzene rings is 1. The summed E-state index contributed by atoms with van der Waals surface area (Å²) in [6.45, 7) is 2.39. The highest BCUT2D eigenvalue weighted by atomic mass is 19.1. The number of nitrogens with zero attached hydrogens (tertiary/aromatic N) is 1. The van der Waals surface area contributed by atoms with E-state index in [1.54, 1.807) is 0 Å². The van der Waals surface area contributed by atoms with Crippen molar-refractivity contribution in [1.82, 2.24) is 4.90 Å². The topological polar surface area (TPSA) is 57.6 Å². The van der Waals surface area contributed by atoms with Crippen molar-refractivity contribution < 1.29 is 23.5 Å². The fourth-order valence-corrected chi connectivity index (χ4v) is 1.50. The monoisotopic (exact) mass is 257 g/mol. The second-order valence-electron chi connectivity index (χ2n) is 3.77. The Labute approximate surface area is 103 Å². The van der Waals surface area contributed by atoms with E-state index in [9.17, 15) is 18.4 Å². The highest BCUT2D eigenvalue weighted by Crippen LogP contribution is 2.18. The predicted molar refractivity (Wildman–Crippen MR) is 60.3 cm³/mol. The van der Waals surface area contributed by atoms with Crippen LogP contribution in [0, 0.1) is 18.6 Å². The second-order valence-corrected chi connectivity index (χ2v) is 3.77. The van der Waals surface area contributed by atoms with Crippen molar-refractivity contribution in [2.45, 2.75) is 13.8 Å². The number of amides is 1. The molecule has 4 nitrogen and oxygen atoms in total. The van der Waals surface area contributed by atoms with Gasteiger partial charge in [-0.05, 0) is 25.5 Å². The SMILES string of the molecule is CCN(CC(=O)O)C(=O)c1c(F)ccc(C)c1F. The Kier molecular flexibility index (Phi) is 4.36. The van der Waals surface area contributed by atoms with E-state index in [1.165, 1.54) is 19.9 Å². The molecule has 0 aliphatic rings. The van der Waals surface area contributed by atoms with Gasteiger partial charge in [-0.2, -0.15) is 0 Å². The number of aliphatic carboxylic acids is 1. The van der Waals surface area contributed by atoms with Crippen molar-refractivity contribution in [2.24, 2.45) is 0 Å². The van der Waals surface area contributed by atoms with Gasteiger partial charge >= 0.3 is 5.97 Å². The zero-order chi connectivity index (χ0) is 13.9. The molecule has 0 fully saturated rings. The van der Waals surface area contributed by atoms with Crippen molar-refractivity contribution in [1.29, 1.82) is 0 Å². The minimum atomic E-state index is -1.24. The summed E-state index contributed by atoms with van der Waals surface area (Å²) >= 11 is 0. The Balaban J connectivity index is 3.17. The molecule has 1 aromatic rings. The molecule has 0 atom stereocenters. The predicted octanol–water partition coefficient (Wildman–Crippen LogP) is 1.82. The van der Waals surface area contributed by atoms with Crippen molar-refractivity contribution in [2.75, 3.05) is 13.1 Å². The van der Waals surface area contributed by atoms with Crippen LogP contribution >= 0.6 is 0 Å². The lowest BCUT2D eigenvalue weighted by atomic mass is 10.1. The van der Waals surface area contributed by atoms with Gasteiger partial charge in [-0.1, -0.05) is 6.07 Å². The lowest BCUT2D eigenvalue weighted by Crippen LogP contribution is -2.36. The fraction of sp³-hybridized carbons (Fsp3) is 0.333. The number of carbonyl (C=O) groups is 2. The molecule has 1 N–H and O–H groups in total. The van der Waals surface area contributed by atoms with Gasteiger partial charge in [-0.15, -0.1) is 0 Å². The molecule has 0 aliphatic heterocycles. The summed E-state index contributed by atoms with van der Waals surface area (Å²) in [5.41, 5.74) is -0.579. The van der Waals surface area contributed by atoms with Crippen LogP contribution in [-0.4, -0.2) is 35.0 Å². The molecule has 1 amide bonds. The van der Waals surface area contributed by atoms with Gasteiger partial charge in [0.15, 0.2) is 0 Å². The molecule has 0 saturated heterocycles. The molecular weight excluding hydrogens is 244 g/mol. The van der Waals surface area contributed by atoms with E-state index in [-0.39, 0.29) is 12.1 Å². The highest BCUT2D eigenvalue weighted by molar-refractivity contribution is 5.96. The van der Waals surface area contributed by atoms with E-state index in [1.807, 2.05) is 0 Å². The molecule has 0 aromatic heterocycles. The highest BCUT2D eigenvalue weighted by Gasteiger charge is 2.24. The quantitative estimate of drug-likeness (QED) is 0.895. The van der Waals surface area contributed by atoms with Crippen LogP contribution in [0.4, 0.5) is 8.78 Å². The number of likely N-dealkylation sites (N-methyl/N-ethyl adjacent to an activating group) is 1. The standard InChI is InChI=1S/C12H13F2NO3/c1-3-15(6-9(16)17)12(18)10-8(13)5-4-7(2)11(10)14/h4-5H,3,6H2,1-2H3,(H,16,17). The second kappa shape index (κ2) is 5.57. The lowest BCUT2D eigenvalue weighted by molar-refractivity contribution is -0.137. The molecule has 0 spiro atoms. The zero-order valence-electron chi connectivity index (χ0n) is 10.0. The number of carboxylic acid groups (broad SMARTS) is 1. The van der Waals surface area contributed by atoms with Crippen LogP contribution in [0.5, 0.6) is 0 Å². The molecule has 1 rings (SSSR count). The van der Waals surface area contributed by atoms with Crippen LogP contribution in [0.25, 0.3) is 0 Å². The van der Waals surface area contributed by atoms with Crippen LogP contribution in [0.15, 0.2) is 12.1 Å². The molecule has 1 aromatic carbocycles. The third kappa shape index (κ3) is 2.82. The molecule has 0 unspecified atom stereocenters. The van der Waals surface area contributed by atoms with Crippen molar-refractivity contribution in [3.63, 3.8) is 0 Å². The molecule has 0 heterocycles. The van der Waals surface area contributed by atoms with E-state index in [0.29, 0.717) is 0 Å². The van der Waals surface area contributed by atoms with Crippen molar-refractivity contribution >= 4 is 11.9 Å². The van der Waals surface area contributed by atoms with Crippen LogP contribution in [0.3, 0.4) is 0 Å². The first-order chi connectivity index (χ1) is 8.38. The largest absolute Gasteiger partial charge is 0.480 e. The molecule has 0 saturated carbocycles. The van der Waals surface area contributed by atoms with Gasteiger partial charge in [0.25, 0.3) is 5.91 Å². The summed E-state index contributed by atoms with van der Waals surface area (Å²) in [7, 11) is 0. The smallest absolute Gasteiger partial charge is 0.323 e. The average molecular weight is 257 g/mol. The van der Waals surface area contributed by atoms with Crippen LogP contribution in [0.1, 0.15) is 22.8 Å². The van der Waals surface area contributed by atoms with Gasteiger partial charge in [-0.3, -0.25) is 9.59 Å². The van der Waals surface area contributed by atoms with Gasteiger partial charge in [-0.25, -0.2) is 8.78 Å². The van der Waals surface area contributed by atoms with Crippen LogP contribution < -0.4 is 0 Å². The Morgan fingerprint density at radius 1 is 1.33 bits per heavy atom. The minimum absolute atomic E-state index is 0.0535. The molecule has 6 heteroatoms. The number of rotatable bonds is 4. The number of carboxylic acids is 1. The van der Waals surface area contributed by atoms with E-state index in [2.05, 4.69) is 0 Å². The number of hydrogen-bond donors (Lipinski definition) is 1. The zero-order valence-corrected chi connectivity index (χ0v) is 10.0. The Morgan fingerprint density at radius 2 is 1.94 bits per heavy atom. The minimum Gasteiger partial charge on any atom is -0.480 e. The summed E-state index contributed by atoms with van der Waals surface area (Å²) in [5.74, 6) is -4.15. The molecular formula is C12H13F2NO3. The first-order valence-corrected chi connectivity index (χ1v) is 5.34. The molecule has 0 radical (unpaired) electrons. The van der Waals surface area contributed by atoms with Crippen molar-refractivity contribution in [3.8, 4) is 0 Å². The summed E-state index contributed by atoms with van der Waals surface area (Å²) in [5, 5.41) is 8.62. The first kappa shape index (κ1) is 14.1. The van der Waals surface area contributed by atoms with E-state index in [0.717, 1.165) is 11.0 Å². The van der Waals surface area contributed by atoms with Gasteiger partial charge in [0.2, 0.25) is 0 Å². The van der Waals surface area contributed by atoms with Crippen LogP contribution in [-0.2, 0) is 4.79 Å². The maximum Gasteiger partial charge on any atom is 0.323 e. The third-order valence-electron chi connectivity index (χ3n) is 2.49. The molecule has 0 aliphatic carbocycles. The summed E-state index contributed by atoms with van der Waals surface area (Å²) in [6, 6.07) is 2.20. The normalized spacial score (nSPS) is 10.2. The molecule has 0 bridgehead atoms. The average Bonchev–Trinajstić information content (AvgIpc) is 2.31. The molecule has 98 valence electrons. The van der Waals surface area contributed by atoms with Gasteiger partial charge in [0.05, 0.1) is 0 Å². The van der Waals surface area contributed by atoms with E-state index < -0.39 is 35.6 Å². The van der Waals surface area contributed by atoms with E-state index in [4.69, 9.17) is 5.11 Å². The van der Waals surface area contributed by atoms with Gasteiger partial charge in [0, 0.05) is 6.54 Å². The number of aryl methyl sites for hydroxylation is 1. The summed E-state index contributed by atoms with van der Waals surface area (Å²) in [6.07, 6.45) is 0. The Bertz CT molecular complexity index is 488. The molecule has 18 heavy (non-hydrogen) atoms. The number of halogens is 2. The maximum absolute atomic E-state index is 13.7. The number of carbonyl (C=O) groups excluding carboxylic acids is 1. The fourth-order valence-electron chi connectivity index (χ4n) is 1.50. The Morgan fingerprint density at radius 3 is 2.44 bits per heavy atom. The lowest BCUT2D eigenvalue weighted by Gasteiger charge is -2.19.